The molecule has 2 aromatic carbocycles. The van der Waals surface area contributed by atoms with Crippen LogP contribution in [0.1, 0.15) is 24.0 Å². The van der Waals surface area contributed by atoms with Gasteiger partial charge in [-0.15, -0.1) is 0 Å². The van der Waals surface area contributed by atoms with Gasteiger partial charge in [0.2, 0.25) is 11.8 Å². The molecule has 0 spiro atoms. The molecule has 0 saturated heterocycles. The van der Waals surface area contributed by atoms with Crippen LogP contribution in [0.15, 0.2) is 65.7 Å². The molecule has 0 aliphatic carbocycles. The molecule has 0 aliphatic rings. The van der Waals surface area contributed by atoms with Gasteiger partial charge in [-0.05, 0) is 30.4 Å². The van der Waals surface area contributed by atoms with Crippen molar-refractivity contribution in [2.75, 3.05) is 6.54 Å². The van der Waals surface area contributed by atoms with Crippen LogP contribution in [0.5, 0.6) is 0 Å². The van der Waals surface area contributed by atoms with E-state index in [-0.39, 0.29) is 12.4 Å². The highest BCUT2D eigenvalue weighted by molar-refractivity contribution is 5.91. The van der Waals surface area contributed by atoms with E-state index >= 15 is 0 Å². The van der Waals surface area contributed by atoms with Crippen LogP contribution in [0.4, 0.5) is 0 Å². The van der Waals surface area contributed by atoms with E-state index in [9.17, 15) is 14.4 Å². The van der Waals surface area contributed by atoms with Crippen LogP contribution in [0.25, 0.3) is 0 Å². The third-order valence-corrected chi connectivity index (χ3v) is 5.01. The Bertz CT molecular complexity index is 916. The first-order chi connectivity index (χ1) is 15.9. The van der Waals surface area contributed by atoms with E-state index in [1.807, 2.05) is 60.7 Å². The molecule has 176 valence electrons. The highest BCUT2D eigenvalue weighted by atomic mass is 16.2. The van der Waals surface area contributed by atoms with Gasteiger partial charge in [0.15, 0.2) is 5.96 Å². The Morgan fingerprint density at radius 2 is 1.45 bits per heavy atom. The van der Waals surface area contributed by atoms with Gasteiger partial charge in [-0.2, -0.15) is 0 Å². The summed E-state index contributed by atoms with van der Waals surface area (Å²) < 4.78 is 0. The van der Waals surface area contributed by atoms with E-state index in [2.05, 4.69) is 15.6 Å². The maximum absolute atomic E-state index is 13.0. The molecule has 0 heterocycles. The Kier molecular flexibility index (Phi) is 10.6. The average Bonchev–Trinajstić information content (AvgIpc) is 2.81. The number of carbonyl (C=O) groups excluding carboxylic acids is 3. The quantitative estimate of drug-likeness (QED) is 0.124. The van der Waals surface area contributed by atoms with Crippen molar-refractivity contribution in [1.82, 2.24) is 10.6 Å². The van der Waals surface area contributed by atoms with Gasteiger partial charge in [0.1, 0.15) is 12.3 Å². The number of amides is 2. The number of hydrogen-bond acceptors (Lipinski definition) is 5. The zero-order valence-corrected chi connectivity index (χ0v) is 18.5. The van der Waals surface area contributed by atoms with Crippen LogP contribution in [-0.4, -0.2) is 48.7 Å². The lowest BCUT2D eigenvalue weighted by Gasteiger charge is -2.23. The lowest BCUT2D eigenvalue weighted by molar-refractivity contribution is -0.130. The summed E-state index contributed by atoms with van der Waals surface area (Å²) in [5, 5.41) is 5.45. The van der Waals surface area contributed by atoms with Crippen LogP contribution in [0.2, 0.25) is 0 Å². The number of nitrogens with one attached hydrogen (secondary N) is 2. The van der Waals surface area contributed by atoms with Crippen molar-refractivity contribution < 1.29 is 14.4 Å². The highest BCUT2D eigenvalue weighted by Gasteiger charge is 2.26. The lowest BCUT2D eigenvalue weighted by atomic mass is 10.0. The summed E-state index contributed by atoms with van der Waals surface area (Å²) in [7, 11) is 0. The SMILES string of the molecule is NC(N)=NCCC[C@@H](C=O)NC(=O)[C@H](Cc1ccccc1)NC(=O)[C@H](N)Cc1ccccc1. The largest absolute Gasteiger partial charge is 0.370 e. The van der Waals surface area contributed by atoms with Gasteiger partial charge in [0.05, 0.1) is 12.1 Å². The van der Waals surface area contributed by atoms with Gasteiger partial charge in [-0.3, -0.25) is 14.6 Å². The molecule has 9 heteroatoms. The fraction of sp³-hybridized carbons (Fsp3) is 0.333. The van der Waals surface area contributed by atoms with Crippen molar-refractivity contribution in [2.24, 2.45) is 22.2 Å². The summed E-state index contributed by atoms with van der Waals surface area (Å²) in [6.45, 7) is 0.348. The summed E-state index contributed by atoms with van der Waals surface area (Å²) in [6, 6.07) is 16.3. The van der Waals surface area contributed by atoms with E-state index in [0.717, 1.165) is 11.1 Å². The standard InChI is InChI=1S/C24H32N6O3/c25-20(14-17-8-3-1-4-9-17)22(32)30-21(15-18-10-5-2-6-11-18)23(33)29-19(16-31)12-7-13-28-24(26)27/h1-6,8-11,16,19-21H,7,12-15,25H2,(H,29,33)(H,30,32)(H4,26,27,28)/t19-,20+,21-/m0/s1. The van der Waals surface area contributed by atoms with Gasteiger partial charge in [-0.25, -0.2) is 0 Å². The number of nitrogens with two attached hydrogens (primary N) is 3. The molecule has 33 heavy (non-hydrogen) atoms. The molecule has 0 saturated carbocycles. The van der Waals surface area contributed by atoms with Crippen LogP contribution in [0.3, 0.4) is 0 Å². The Morgan fingerprint density at radius 3 is 2.00 bits per heavy atom. The molecule has 0 fully saturated rings. The first-order valence-corrected chi connectivity index (χ1v) is 10.8. The third kappa shape index (κ3) is 9.53. The number of hydrogen-bond donors (Lipinski definition) is 5. The minimum atomic E-state index is -0.887. The van der Waals surface area contributed by atoms with E-state index in [0.29, 0.717) is 32.1 Å². The van der Waals surface area contributed by atoms with Crippen molar-refractivity contribution in [3.05, 3.63) is 71.8 Å². The van der Waals surface area contributed by atoms with E-state index in [1.165, 1.54) is 0 Å². The molecule has 0 radical (unpaired) electrons. The number of carbonyl (C=O) groups is 3. The highest BCUT2D eigenvalue weighted by Crippen LogP contribution is 2.07. The molecule has 9 nitrogen and oxygen atoms in total. The fourth-order valence-electron chi connectivity index (χ4n) is 3.28. The number of nitrogens with zero attached hydrogens (tertiary/aromatic N) is 1. The van der Waals surface area contributed by atoms with Crippen molar-refractivity contribution in [3.8, 4) is 0 Å². The predicted octanol–water partition coefficient (Wildman–Crippen LogP) is 0.0212. The van der Waals surface area contributed by atoms with Crippen molar-refractivity contribution >= 4 is 24.1 Å². The van der Waals surface area contributed by atoms with E-state index in [4.69, 9.17) is 17.2 Å². The Hall–Kier alpha value is -3.72. The topological polar surface area (TPSA) is 166 Å². The molecule has 2 rings (SSSR count). The van der Waals surface area contributed by atoms with E-state index in [1.54, 1.807) is 0 Å². The summed E-state index contributed by atoms with van der Waals surface area (Å²) in [4.78, 5) is 41.1. The maximum Gasteiger partial charge on any atom is 0.243 e. The van der Waals surface area contributed by atoms with Crippen molar-refractivity contribution in [2.45, 2.75) is 43.8 Å². The van der Waals surface area contributed by atoms with Crippen LogP contribution >= 0.6 is 0 Å². The molecular formula is C24H32N6O3. The number of aldehydes is 1. The first kappa shape index (κ1) is 25.5. The van der Waals surface area contributed by atoms with E-state index < -0.39 is 29.9 Å². The molecule has 0 bridgehead atoms. The molecule has 0 aromatic heterocycles. The first-order valence-electron chi connectivity index (χ1n) is 10.8. The minimum Gasteiger partial charge on any atom is -0.370 e. The molecular weight excluding hydrogens is 420 g/mol. The predicted molar refractivity (Wildman–Crippen MR) is 128 cm³/mol. The molecule has 0 unspecified atom stereocenters. The second kappa shape index (κ2) is 13.6. The normalized spacial score (nSPS) is 13.2. The smallest absolute Gasteiger partial charge is 0.243 e. The summed E-state index contributed by atoms with van der Waals surface area (Å²) in [5.74, 6) is -0.928. The number of aliphatic imine (C=N–C) groups is 1. The van der Waals surface area contributed by atoms with Gasteiger partial charge in [0, 0.05) is 13.0 Å². The van der Waals surface area contributed by atoms with Gasteiger partial charge in [0.25, 0.3) is 0 Å². The zero-order valence-electron chi connectivity index (χ0n) is 18.5. The lowest BCUT2D eigenvalue weighted by Crippen LogP contribution is -2.54. The molecule has 8 N–H and O–H groups in total. The Morgan fingerprint density at radius 1 is 0.879 bits per heavy atom. The van der Waals surface area contributed by atoms with Crippen LogP contribution in [0, 0.1) is 0 Å². The second-order valence-electron chi connectivity index (χ2n) is 7.75. The van der Waals surface area contributed by atoms with Gasteiger partial charge in [-0.1, -0.05) is 60.7 Å². The Balaban J connectivity index is 2.03. The average molecular weight is 453 g/mol. The third-order valence-electron chi connectivity index (χ3n) is 5.01. The zero-order chi connectivity index (χ0) is 24.1. The summed E-state index contributed by atoms with van der Waals surface area (Å²) >= 11 is 0. The number of benzene rings is 2. The second-order valence-corrected chi connectivity index (χ2v) is 7.75. The monoisotopic (exact) mass is 452 g/mol. The number of rotatable bonds is 13. The summed E-state index contributed by atoms with van der Waals surface area (Å²) in [6.07, 6.45) is 2.14. The molecule has 0 aliphatic heterocycles. The van der Waals surface area contributed by atoms with Crippen LogP contribution in [-0.2, 0) is 27.2 Å². The fourth-order valence-corrected chi connectivity index (χ4v) is 3.28. The summed E-state index contributed by atoms with van der Waals surface area (Å²) in [5.41, 5.74) is 18.5. The van der Waals surface area contributed by atoms with Crippen LogP contribution < -0.4 is 27.8 Å². The molecule has 2 aromatic rings. The van der Waals surface area contributed by atoms with Gasteiger partial charge >= 0.3 is 0 Å². The molecule has 3 atom stereocenters. The van der Waals surface area contributed by atoms with Gasteiger partial charge < -0.3 is 32.6 Å². The van der Waals surface area contributed by atoms with Crippen molar-refractivity contribution in [1.29, 1.82) is 0 Å². The maximum atomic E-state index is 13.0. The number of guanidine groups is 1. The van der Waals surface area contributed by atoms with Crippen molar-refractivity contribution in [3.63, 3.8) is 0 Å². The minimum absolute atomic E-state index is 0.0285. The molecule has 2 amide bonds. The Labute approximate surface area is 193 Å².